The first-order valence-electron chi connectivity index (χ1n) is 8.49. The fourth-order valence-electron chi connectivity index (χ4n) is 2.88. The second kappa shape index (κ2) is 8.57. The summed E-state index contributed by atoms with van der Waals surface area (Å²) < 4.78 is 15.0. The second-order valence-electron chi connectivity index (χ2n) is 6.51. The van der Waals surface area contributed by atoms with Crippen molar-refractivity contribution in [3.63, 3.8) is 0 Å². The van der Waals surface area contributed by atoms with Crippen LogP contribution in [0.25, 0.3) is 0 Å². The van der Waals surface area contributed by atoms with E-state index in [4.69, 9.17) is 5.11 Å². The van der Waals surface area contributed by atoms with Crippen molar-refractivity contribution in [2.45, 2.75) is 24.5 Å². The number of amides is 1. The molecular formula is C18H17FIN2O4SSi. The number of carbonyl (C=O) groups is 2. The van der Waals surface area contributed by atoms with Crippen LogP contribution in [0.1, 0.15) is 38.4 Å². The quantitative estimate of drug-likeness (QED) is 0.339. The monoisotopic (exact) mass is 531 g/mol. The summed E-state index contributed by atoms with van der Waals surface area (Å²) in [5.74, 6) is -1.01. The molecule has 1 heterocycles. The number of carbonyl (C=O) groups excluding carboxylic acids is 2. The molecule has 0 saturated heterocycles. The van der Waals surface area contributed by atoms with Crippen LogP contribution in [-0.2, 0) is 6.42 Å². The third kappa shape index (κ3) is 4.62. The van der Waals surface area contributed by atoms with Crippen molar-refractivity contribution < 1.29 is 24.2 Å². The van der Waals surface area contributed by atoms with Gasteiger partial charge in [0.2, 0.25) is 0 Å². The van der Waals surface area contributed by atoms with Gasteiger partial charge in [-0.05, 0) is 59.2 Å². The number of fused-ring (bicyclic) bond motifs is 1. The van der Waals surface area contributed by atoms with Gasteiger partial charge in [0.05, 0.1) is 38.2 Å². The first kappa shape index (κ1) is 21.4. The number of ketones is 1. The van der Waals surface area contributed by atoms with Crippen LogP contribution in [0.2, 0.25) is 0 Å². The zero-order chi connectivity index (χ0) is 20.5. The summed E-state index contributed by atoms with van der Waals surface area (Å²) in [5, 5.41) is 23.2. The van der Waals surface area contributed by atoms with Crippen molar-refractivity contribution in [2.75, 3.05) is 18.5 Å². The minimum atomic E-state index is -1.66. The van der Waals surface area contributed by atoms with E-state index in [1.807, 2.05) is 22.6 Å². The Bertz CT molecular complexity index is 935. The van der Waals surface area contributed by atoms with Gasteiger partial charge in [0.15, 0.2) is 5.78 Å². The van der Waals surface area contributed by atoms with Gasteiger partial charge in [-0.15, -0.1) is 11.3 Å². The van der Waals surface area contributed by atoms with Gasteiger partial charge in [-0.25, -0.2) is 4.39 Å². The molecule has 4 N–H and O–H groups in total. The van der Waals surface area contributed by atoms with Gasteiger partial charge in [-0.2, -0.15) is 0 Å². The molecule has 0 saturated carbocycles. The lowest BCUT2D eigenvalue weighted by molar-refractivity contribution is 0.0539. The predicted octanol–water partition coefficient (Wildman–Crippen LogP) is 2.33. The molecule has 1 aromatic heterocycles. The Kier molecular flexibility index (Phi) is 6.54. The summed E-state index contributed by atoms with van der Waals surface area (Å²) in [6.07, 6.45) is 1.62. The number of halogens is 2. The third-order valence-electron chi connectivity index (χ3n) is 4.30. The van der Waals surface area contributed by atoms with E-state index in [1.54, 1.807) is 12.1 Å². The molecule has 1 aliphatic carbocycles. The van der Waals surface area contributed by atoms with E-state index in [0.717, 1.165) is 14.9 Å². The topological polar surface area (TPSA) is 98.7 Å². The molecule has 1 atom stereocenters. The van der Waals surface area contributed by atoms with Crippen LogP contribution in [-0.4, -0.2) is 50.5 Å². The highest BCUT2D eigenvalue weighted by molar-refractivity contribution is 14.1. The Balaban J connectivity index is 1.97. The second-order valence-corrected chi connectivity index (χ2v) is 9.71. The zero-order valence-electron chi connectivity index (χ0n) is 14.6. The van der Waals surface area contributed by atoms with Crippen LogP contribution in [0.15, 0.2) is 18.2 Å². The van der Waals surface area contributed by atoms with E-state index in [0.29, 0.717) is 34.7 Å². The molecule has 1 aliphatic rings. The average molecular weight is 531 g/mol. The zero-order valence-corrected chi connectivity index (χ0v) is 18.6. The minimum Gasteiger partial charge on any atom is -0.394 e. The summed E-state index contributed by atoms with van der Waals surface area (Å²) in [5.41, 5.74) is 1.10. The molecule has 3 rings (SSSR count). The van der Waals surface area contributed by atoms with Gasteiger partial charge in [0.25, 0.3) is 5.91 Å². The lowest BCUT2D eigenvalue weighted by Crippen LogP contribution is -2.46. The molecule has 0 spiro atoms. The molecule has 1 aromatic carbocycles. The molecule has 0 bridgehead atoms. The molecule has 2 aromatic rings. The number of aliphatic hydroxyl groups is 2. The van der Waals surface area contributed by atoms with E-state index in [9.17, 15) is 19.1 Å². The molecule has 147 valence electrons. The smallest absolute Gasteiger partial charge is 0.254 e. The maximum absolute atomic E-state index is 14.3. The molecule has 1 amide bonds. The van der Waals surface area contributed by atoms with E-state index in [-0.39, 0.29) is 23.6 Å². The predicted molar refractivity (Wildman–Crippen MR) is 114 cm³/mol. The largest absolute Gasteiger partial charge is 0.394 e. The minimum absolute atomic E-state index is 0.0385. The number of hydrogen-bond donors (Lipinski definition) is 4. The molecule has 3 radical (unpaired) electrons. The number of rotatable bonds is 6. The SMILES string of the molecule is O=C1CCCc2c1sc(Nc1ccc(I)cc1F)c2C(=O)NC[C@](O)([Si])CO. The molecule has 0 fully saturated rings. The Morgan fingerprint density at radius 3 is 2.82 bits per heavy atom. The van der Waals surface area contributed by atoms with Crippen molar-refractivity contribution in [1.29, 1.82) is 0 Å². The number of thiophene rings is 1. The first-order chi connectivity index (χ1) is 13.2. The van der Waals surface area contributed by atoms with Gasteiger partial charge in [-0.1, -0.05) is 0 Å². The van der Waals surface area contributed by atoms with Crippen LogP contribution in [0.3, 0.4) is 0 Å². The molecule has 0 aliphatic heterocycles. The summed E-state index contributed by atoms with van der Waals surface area (Å²) in [7, 11) is 2.98. The average Bonchev–Trinajstić information content (AvgIpc) is 3.02. The molecule has 0 unspecified atom stereocenters. The number of nitrogens with one attached hydrogen (secondary N) is 2. The molecule has 28 heavy (non-hydrogen) atoms. The van der Waals surface area contributed by atoms with E-state index >= 15 is 0 Å². The highest BCUT2D eigenvalue weighted by Gasteiger charge is 2.30. The number of anilines is 2. The van der Waals surface area contributed by atoms with Crippen LogP contribution in [0, 0.1) is 9.39 Å². The maximum atomic E-state index is 14.3. The number of hydrogen-bond acceptors (Lipinski definition) is 6. The Morgan fingerprint density at radius 1 is 1.39 bits per heavy atom. The van der Waals surface area contributed by atoms with Crippen LogP contribution < -0.4 is 10.6 Å². The fraction of sp³-hybridized carbons (Fsp3) is 0.333. The van der Waals surface area contributed by atoms with Gasteiger partial charge in [0, 0.05) is 16.5 Å². The van der Waals surface area contributed by atoms with Gasteiger partial charge in [-0.3, -0.25) is 9.59 Å². The number of Topliss-reactive ketones (excluding diaryl/α,β-unsaturated/α-hetero) is 1. The van der Waals surface area contributed by atoms with Crippen molar-refractivity contribution in [3.8, 4) is 0 Å². The van der Waals surface area contributed by atoms with Gasteiger partial charge < -0.3 is 20.8 Å². The standard InChI is InChI=1S/C18H17FIN2O4SSi/c19-11-6-9(20)4-5-12(11)22-17-14(16(25)21-7-18(26,28)8-23)10-2-1-3-13(24)15(10)27-17/h4-6,22-23,26H,1-3,7-8H2,(H,21,25)/t18-/m0/s1. The van der Waals surface area contributed by atoms with Gasteiger partial charge >= 0.3 is 0 Å². The van der Waals surface area contributed by atoms with Gasteiger partial charge in [0.1, 0.15) is 10.8 Å². The van der Waals surface area contributed by atoms with E-state index in [1.165, 1.54) is 6.07 Å². The van der Waals surface area contributed by atoms with Crippen LogP contribution in [0.4, 0.5) is 15.1 Å². The summed E-state index contributed by atoms with van der Waals surface area (Å²) in [6.45, 7) is -0.835. The summed E-state index contributed by atoms with van der Waals surface area (Å²) in [6, 6.07) is 4.67. The maximum Gasteiger partial charge on any atom is 0.254 e. The normalized spacial score (nSPS) is 15.7. The number of benzene rings is 1. The highest BCUT2D eigenvalue weighted by atomic mass is 127. The molecular weight excluding hydrogens is 514 g/mol. The summed E-state index contributed by atoms with van der Waals surface area (Å²) >= 11 is 3.13. The third-order valence-corrected chi connectivity index (χ3v) is 6.49. The Morgan fingerprint density at radius 2 is 2.14 bits per heavy atom. The Labute approximate surface area is 182 Å². The van der Waals surface area contributed by atoms with Crippen molar-refractivity contribution in [2.24, 2.45) is 0 Å². The summed E-state index contributed by atoms with van der Waals surface area (Å²) in [4.78, 5) is 25.6. The van der Waals surface area contributed by atoms with E-state index < -0.39 is 23.6 Å². The van der Waals surface area contributed by atoms with Crippen molar-refractivity contribution in [3.05, 3.63) is 43.6 Å². The van der Waals surface area contributed by atoms with Crippen LogP contribution >= 0.6 is 33.9 Å². The van der Waals surface area contributed by atoms with Crippen LogP contribution in [0.5, 0.6) is 0 Å². The Hall–Kier alpha value is -1.34. The highest BCUT2D eigenvalue weighted by Crippen LogP contribution is 2.40. The first-order valence-corrected chi connectivity index (χ1v) is 10.9. The fourth-order valence-corrected chi connectivity index (χ4v) is 4.65. The lowest BCUT2D eigenvalue weighted by Gasteiger charge is -2.21. The number of aliphatic hydroxyl groups excluding tert-OH is 1. The molecule has 10 heteroatoms. The van der Waals surface area contributed by atoms with Crippen molar-refractivity contribution in [1.82, 2.24) is 5.32 Å². The van der Waals surface area contributed by atoms with Crippen molar-refractivity contribution >= 4 is 66.5 Å². The van der Waals surface area contributed by atoms with E-state index in [2.05, 4.69) is 20.9 Å². The lowest BCUT2D eigenvalue weighted by atomic mass is 9.94. The molecule has 6 nitrogen and oxygen atoms in total.